The van der Waals surface area contributed by atoms with Gasteiger partial charge in [-0.1, -0.05) is 18.2 Å². The first-order valence-corrected chi connectivity index (χ1v) is 7.22. The van der Waals surface area contributed by atoms with E-state index in [-0.39, 0.29) is 0 Å². The summed E-state index contributed by atoms with van der Waals surface area (Å²) in [6, 6.07) is 9.98. The predicted molar refractivity (Wildman–Crippen MR) is 93.5 cm³/mol. The Morgan fingerprint density at radius 3 is 2.61 bits per heavy atom. The van der Waals surface area contributed by atoms with Crippen LogP contribution in [0.25, 0.3) is 10.9 Å². The van der Waals surface area contributed by atoms with E-state index >= 15 is 0 Å². The maximum Gasteiger partial charge on any atom is 0.169 e. The molecule has 3 aromatic rings. The van der Waals surface area contributed by atoms with Crippen LogP contribution in [0, 0.1) is 6.92 Å². The molecule has 0 saturated carbocycles. The lowest BCUT2D eigenvalue weighted by Crippen LogP contribution is -2.21. The van der Waals surface area contributed by atoms with Gasteiger partial charge in [-0.2, -0.15) is 0 Å². The fraction of sp³-hybridized carbons (Fsp3) is 0.188. The SMILES string of the molecule is Cc1ccc2cccc(Nc3ncnc(NN(C)C)c3N)c2n1. The minimum Gasteiger partial charge on any atom is -0.393 e. The van der Waals surface area contributed by atoms with Crippen LogP contribution in [0.4, 0.5) is 23.0 Å². The van der Waals surface area contributed by atoms with Crippen LogP contribution in [0.5, 0.6) is 0 Å². The highest BCUT2D eigenvalue weighted by Gasteiger charge is 2.10. The third-order valence-corrected chi connectivity index (χ3v) is 3.33. The van der Waals surface area contributed by atoms with E-state index in [1.54, 1.807) is 5.01 Å². The summed E-state index contributed by atoms with van der Waals surface area (Å²) in [7, 11) is 3.73. The minimum absolute atomic E-state index is 0.450. The molecule has 2 heterocycles. The number of hydrogen-bond donors (Lipinski definition) is 3. The molecule has 118 valence electrons. The van der Waals surface area contributed by atoms with Crippen LogP contribution in [-0.4, -0.2) is 34.1 Å². The van der Waals surface area contributed by atoms with Crippen molar-refractivity contribution in [2.75, 3.05) is 30.6 Å². The number of nitrogen functional groups attached to an aromatic ring is 1. The van der Waals surface area contributed by atoms with E-state index in [1.807, 2.05) is 51.4 Å². The van der Waals surface area contributed by atoms with Gasteiger partial charge in [-0.05, 0) is 19.1 Å². The highest BCUT2D eigenvalue weighted by atomic mass is 15.5. The number of nitrogens with one attached hydrogen (secondary N) is 2. The van der Waals surface area contributed by atoms with Gasteiger partial charge in [-0.25, -0.2) is 15.0 Å². The molecule has 4 N–H and O–H groups in total. The highest BCUT2D eigenvalue weighted by molar-refractivity contribution is 5.93. The third kappa shape index (κ3) is 3.14. The van der Waals surface area contributed by atoms with Crippen molar-refractivity contribution < 1.29 is 0 Å². The monoisotopic (exact) mass is 309 g/mol. The Labute approximate surface area is 134 Å². The Hall–Kier alpha value is -2.93. The van der Waals surface area contributed by atoms with Crippen LogP contribution < -0.4 is 16.5 Å². The lowest BCUT2D eigenvalue weighted by molar-refractivity contribution is 0.492. The van der Waals surface area contributed by atoms with E-state index in [9.17, 15) is 0 Å². The molecule has 0 radical (unpaired) electrons. The third-order valence-electron chi connectivity index (χ3n) is 3.33. The average molecular weight is 309 g/mol. The molecule has 0 fully saturated rings. The van der Waals surface area contributed by atoms with Gasteiger partial charge in [0.2, 0.25) is 0 Å². The van der Waals surface area contributed by atoms with E-state index in [0.29, 0.717) is 17.3 Å². The zero-order chi connectivity index (χ0) is 16.4. The van der Waals surface area contributed by atoms with Crippen LogP contribution in [0.15, 0.2) is 36.7 Å². The van der Waals surface area contributed by atoms with E-state index in [1.165, 1.54) is 6.33 Å². The van der Waals surface area contributed by atoms with Crippen LogP contribution in [0.2, 0.25) is 0 Å². The number of anilines is 4. The lowest BCUT2D eigenvalue weighted by Gasteiger charge is -2.16. The van der Waals surface area contributed by atoms with Gasteiger partial charge in [0.05, 0.1) is 11.2 Å². The number of benzene rings is 1. The Morgan fingerprint density at radius 2 is 1.83 bits per heavy atom. The van der Waals surface area contributed by atoms with E-state index in [4.69, 9.17) is 5.73 Å². The first-order chi connectivity index (χ1) is 11.0. The van der Waals surface area contributed by atoms with Crippen molar-refractivity contribution >= 4 is 33.9 Å². The Bertz CT molecular complexity index is 845. The molecule has 0 aliphatic heterocycles. The summed E-state index contributed by atoms with van der Waals surface area (Å²) < 4.78 is 0. The van der Waals surface area contributed by atoms with E-state index in [0.717, 1.165) is 22.3 Å². The zero-order valence-corrected chi connectivity index (χ0v) is 13.3. The molecule has 0 unspecified atom stereocenters. The van der Waals surface area contributed by atoms with Crippen LogP contribution in [0.1, 0.15) is 5.69 Å². The van der Waals surface area contributed by atoms with Gasteiger partial charge < -0.3 is 16.5 Å². The number of hydrogen-bond acceptors (Lipinski definition) is 7. The number of aromatic nitrogens is 3. The summed E-state index contributed by atoms with van der Waals surface area (Å²) in [6.45, 7) is 1.97. The standard InChI is InChI=1S/C16H19N7/c1-10-7-8-11-5-4-6-12(14(11)20-10)21-15-13(17)16(19-9-18-15)22-23(2)3/h4-9H,17H2,1-3H3,(H2,18,19,21,22). The van der Waals surface area contributed by atoms with Gasteiger partial charge in [0.25, 0.3) is 0 Å². The molecule has 7 nitrogen and oxygen atoms in total. The van der Waals surface area contributed by atoms with Crippen LogP contribution in [-0.2, 0) is 0 Å². The van der Waals surface area contributed by atoms with Crippen molar-refractivity contribution in [3.8, 4) is 0 Å². The zero-order valence-electron chi connectivity index (χ0n) is 13.3. The summed E-state index contributed by atoms with van der Waals surface area (Å²) in [5.41, 5.74) is 12.3. The molecule has 0 aliphatic carbocycles. The van der Waals surface area contributed by atoms with Crippen molar-refractivity contribution in [1.29, 1.82) is 0 Å². The molecular weight excluding hydrogens is 290 g/mol. The summed E-state index contributed by atoms with van der Waals surface area (Å²) in [4.78, 5) is 13.0. The lowest BCUT2D eigenvalue weighted by atomic mass is 10.1. The fourth-order valence-corrected chi connectivity index (χ4v) is 2.27. The summed E-state index contributed by atoms with van der Waals surface area (Å²) >= 11 is 0. The molecule has 0 amide bonds. The number of rotatable bonds is 4. The highest BCUT2D eigenvalue weighted by Crippen LogP contribution is 2.29. The molecule has 0 aliphatic rings. The van der Waals surface area contributed by atoms with Crippen molar-refractivity contribution in [2.45, 2.75) is 6.92 Å². The average Bonchev–Trinajstić information content (AvgIpc) is 2.51. The second-order valence-corrected chi connectivity index (χ2v) is 5.45. The number of hydrazine groups is 1. The van der Waals surface area contributed by atoms with Gasteiger partial charge in [-0.3, -0.25) is 4.98 Å². The molecule has 1 aromatic carbocycles. The molecular formula is C16H19N7. The van der Waals surface area contributed by atoms with E-state index in [2.05, 4.69) is 25.7 Å². The van der Waals surface area contributed by atoms with Crippen LogP contribution in [0.3, 0.4) is 0 Å². The second-order valence-electron chi connectivity index (χ2n) is 5.45. The van der Waals surface area contributed by atoms with Crippen molar-refractivity contribution in [3.63, 3.8) is 0 Å². The van der Waals surface area contributed by atoms with Crippen molar-refractivity contribution in [2.24, 2.45) is 0 Å². The normalized spacial score (nSPS) is 11.0. The number of fused-ring (bicyclic) bond motifs is 1. The molecule has 0 atom stereocenters. The fourth-order valence-electron chi connectivity index (χ4n) is 2.27. The topological polar surface area (TPSA) is 92.0 Å². The maximum atomic E-state index is 6.16. The van der Waals surface area contributed by atoms with Crippen molar-refractivity contribution in [1.82, 2.24) is 20.0 Å². The largest absolute Gasteiger partial charge is 0.393 e. The second kappa shape index (κ2) is 6.05. The molecule has 23 heavy (non-hydrogen) atoms. The Kier molecular flexibility index (Phi) is 3.94. The smallest absolute Gasteiger partial charge is 0.169 e. The molecule has 0 saturated heterocycles. The Morgan fingerprint density at radius 1 is 1.04 bits per heavy atom. The summed E-state index contributed by atoms with van der Waals surface area (Å²) in [5, 5.41) is 6.08. The van der Waals surface area contributed by atoms with Gasteiger partial charge >= 0.3 is 0 Å². The Balaban J connectivity index is 2.01. The first-order valence-electron chi connectivity index (χ1n) is 7.22. The number of aryl methyl sites for hydroxylation is 1. The van der Waals surface area contributed by atoms with Gasteiger partial charge in [0.15, 0.2) is 11.6 Å². The number of nitrogens with zero attached hydrogens (tertiary/aromatic N) is 4. The molecule has 7 heteroatoms. The van der Waals surface area contributed by atoms with Gasteiger partial charge in [0, 0.05) is 25.2 Å². The first kappa shape index (κ1) is 15.0. The summed E-state index contributed by atoms with van der Waals surface area (Å²) in [5.74, 6) is 1.09. The molecule has 0 bridgehead atoms. The van der Waals surface area contributed by atoms with Gasteiger partial charge in [0.1, 0.15) is 12.0 Å². The number of pyridine rings is 1. The molecule has 3 rings (SSSR count). The van der Waals surface area contributed by atoms with Gasteiger partial charge in [-0.15, -0.1) is 0 Å². The summed E-state index contributed by atoms with van der Waals surface area (Å²) in [6.07, 6.45) is 1.47. The predicted octanol–water partition coefficient (Wildman–Crippen LogP) is 2.55. The van der Waals surface area contributed by atoms with Crippen molar-refractivity contribution in [3.05, 3.63) is 42.4 Å². The van der Waals surface area contributed by atoms with Crippen LogP contribution >= 0.6 is 0 Å². The number of nitrogens with two attached hydrogens (primary N) is 1. The number of para-hydroxylation sites is 1. The quantitative estimate of drug-likeness (QED) is 0.638. The maximum absolute atomic E-state index is 6.16. The van der Waals surface area contributed by atoms with E-state index < -0.39 is 0 Å². The molecule has 2 aromatic heterocycles. The minimum atomic E-state index is 0.450. The molecule has 0 spiro atoms.